The number of aromatic hydroxyl groups is 1. The molecule has 124 valence electrons. The summed E-state index contributed by atoms with van der Waals surface area (Å²) in [6.45, 7) is 1.20. The molecule has 0 radical (unpaired) electrons. The summed E-state index contributed by atoms with van der Waals surface area (Å²) >= 11 is 0. The van der Waals surface area contributed by atoms with Gasteiger partial charge in [-0.3, -0.25) is 4.79 Å². The largest absolute Gasteiger partial charge is 0.504 e. The van der Waals surface area contributed by atoms with Crippen molar-refractivity contribution in [3.63, 3.8) is 0 Å². The maximum Gasteiger partial charge on any atom is 0.205 e. The Kier molecular flexibility index (Phi) is 4.12. The number of halogens is 1. The van der Waals surface area contributed by atoms with E-state index in [1.54, 1.807) is 24.3 Å². The van der Waals surface area contributed by atoms with Gasteiger partial charge in [-0.25, -0.2) is 4.39 Å². The lowest BCUT2D eigenvalue weighted by Crippen LogP contribution is -2.05. The highest BCUT2D eigenvalue weighted by molar-refractivity contribution is 6.08. The Bertz CT molecular complexity index is 913. The number of methoxy groups -OCH3 is 1. The molecule has 0 spiro atoms. The highest BCUT2D eigenvalue weighted by Crippen LogP contribution is 2.46. The number of ether oxygens (including phenoxy) is 2. The molecule has 3 aromatic rings. The monoisotopic (exact) mass is 330 g/mol. The number of furan rings is 1. The van der Waals surface area contributed by atoms with Gasteiger partial charge in [-0.15, -0.1) is 0 Å². The SMILES string of the molecule is COc1c(O)c(C(C)=O)c(OCc2ccccc2F)c2ccoc12. The lowest BCUT2D eigenvalue weighted by molar-refractivity contribution is 0.101. The molecule has 3 rings (SSSR count). The summed E-state index contributed by atoms with van der Waals surface area (Å²) in [6.07, 6.45) is 1.40. The molecule has 0 saturated carbocycles. The molecule has 6 heteroatoms. The van der Waals surface area contributed by atoms with E-state index in [-0.39, 0.29) is 35.0 Å². The molecule has 0 aliphatic rings. The number of carbonyl (C=O) groups excluding carboxylic acids is 1. The van der Waals surface area contributed by atoms with Gasteiger partial charge >= 0.3 is 0 Å². The number of hydrogen-bond acceptors (Lipinski definition) is 5. The number of Topliss-reactive ketones (excluding diaryl/α,β-unsaturated/α-hetero) is 1. The summed E-state index contributed by atoms with van der Waals surface area (Å²) in [5, 5.41) is 10.8. The third-order valence-corrected chi connectivity index (χ3v) is 3.68. The van der Waals surface area contributed by atoms with Crippen LogP contribution in [-0.2, 0) is 6.61 Å². The first-order valence-corrected chi connectivity index (χ1v) is 7.21. The van der Waals surface area contributed by atoms with E-state index in [9.17, 15) is 14.3 Å². The van der Waals surface area contributed by atoms with E-state index >= 15 is 0 Å². The number of ketones is 1. The number of fused-ring (bicyclic) bond motifs is 1. The Morgan fingerprint density at radius 1 is 1.25 bits per heavy atom. The number of benzene rings is 2. The van der Waals surface area contributed by atoms with Crippen LogP contribution in [0.15, 0.2) is 41.0 Å². The van der Waals surface area contributed by atoms with Crippen molar-refractivity contribution in [2.75, 3.05) is 7.11 Å². The Morgan fingerprint density at radius 3 is 2.67 bits per heavy atom. The van der Waals surface area contributed by atoms with Crippen LogP contribution >= 0.6 is 0 Å². The first kappa shape index (κ1) is 15.9. The van der Waals surface area contributed by atoms with Crippen LogP contribution in [0, 0.1) is 5.82 Å². The van der Waals surface area contributed by atoms with Crippen LogP contribution < -0.4 is 9.47 Å². The smallest absolute Gasteiger partial charge is 0.205 e. The van der Waals surface area contributed by atoms with Gasteiger partial charge in [0.15, 0.2) is 17.1 Å². The average molecular weight is 330 g/mol. The quantitative estimate of drug-likeness (QED) is 0.714. The van der Waals surface area contributed by atoms with E-state index in [0.29, 0.717) is 10.9 Å². The predicted molar refractivity (Wildman–Crippen MR) is 85.2 cm³/mol. The normalized spacial score (nSPS) is 10.8. The van der Waals surface area contributed by atoms with E-state index in [1.165, 1.54) is 26.4 Å². The first-order chi connectivity index (χ1) is 11.5. The van der Waals surface area contributed by atoms with E-state index in [0.717, 1.165) is 0 Å². The molecule has 5 nitrogen and oxygen atoms in total. The number of carbonyl (C=O) groups is 1. The molecule has 0 amide bonds. The molecule has 0 aliphatic heterocycles. The molecule has 1 aromatic heterocycles. The Morgan fingerprint density at radius 2 is 2.00 bits per heavy atom. The van der Waals surface area contributed by atoms with Gasteiger partial charge < -0.3 is 19.0 Å². The summed E-state index contributed by atoms with van der Waals surface area (Å²) in [6, 6.07) is 7.77. The number of rotatable bonds is 5. The van der Waals surface area contributed by atoms with Crippen molar-refractivity contribution in [2.24, 2.45) is 0 Å². The first-order valence-electron chi connectivity index (χ1n) is 7.21. The van der Waals surface area contributed by atoms with Crippen LogP contribution in [0.5, 0.6) is 17.2 Å². The standard InChI is InChI=1S/C18H15FO5/c1-10(20)14-15(21)18(22-2)17-12(7-8-23-17)16(14)24-9-11-5-3-4-6-13(11)19/h3-8,21H,9H2,1-2H3. The van der Waals surface area contributed by atoms with E-state index in [1.807, 2.05) is 0 Å². The van der Waals surface area contributed by atoms with Gasteiger partial charge in [0, 0.05) is 5.56 Å². The third-order valence-electron chi connectivity index (χ3n) is 3.68. The van der Waals surface area contributed by atoms with Crippen LogP contribution in [0.4, 0.5) is 4.39 Å². The molecule has 0 aliphatic carbocycles. The van der Waals surface area contributed by atoms with Crippen molar-refractivity contribution in [2.45, 2.75) is 13.5 Å². The average Bonchev–Trinajstić information content (AvgIpc) is 3.02. The topological polar surface area (TPSA) is 68.9 Å². The Labute approximate surface area is 137 Å². The van der Waals surface area contributed by atoms with Gasteiger partial charge in [-0.1, -0.05) is 18.2 Å². The minimum atomic E-state index is -0.414. The fourth-order valence-corrected chi connectivity index (χ4v) is 2.56. The van der Waals surface area contributed by atoms with Crippen molar-refractivity contribution >= 4 is 16.8 Å². The van der Waals surface area contributed by atoms with Gasteiger partial charge in [0.1, 0.15) is 23.7 Å². The van der Waals surface area contributed by atoms with Gasteiger partial charge in [0.05, 0.1) is 18.8 Å². The molecule has 0 bridgehead atoms. The fourth-order valence-electron chi connectivity index (χ4n) is 2.56. The number of phenols is 1. The highest BCUT2D eigenvalue weighted by Gasteiger charge is 2.26. The zero-order valence-electron chi connectivity index (χ0n) is 13.1. The van der Waals surface area contributed by atoms with Gasteiger partial charge in [0.25, 0.3) is 0 Å². The van der Waals surface area contributed by atoms with Crippen molar-refractivity contribution in [3.8, 4) is 17.2 Å². The predicted octanol–water partition coefficient (Wildman–Crippen LogP) is 4.07. The van der Waals surface area contributed by atoms with Crippen LogP contribution in [0.2, 0.25) is 0 Å². The molecular weight excluding hydrogens is 315 g/mol. The third kappa shape index (κ3) is 2.56. The van der Waals surface area contributed by atoms with Gasteiger partial charge in [-0.2, -0.15) is 0 Å². The maximum absolute atomic E-state index is 13.8. The second-order valence-corrected chi connectivity index (χ2v) is 5.19. The molecule has 24 heavy (non-hydrogen) atoms. The van der Waals surface area contributed by atoms with Crippen LogP contribution in [0.25, 0.3) is 11.0 Å². The minimum absolute atomic E-state index is 0.0305. The lowest BCUT2D eigenvalue weighted by atomic mass is 10.0. The van der Waals surface area contributed by atoms with E-state index < -0.39 is 11.6 Å². The number of hydrogen-bond donors (Lipinski definition) is 1. The van der Waals surface area contributed by atoms with Crippen molar-refractivity contribution in [1.29, 1.82) is 0 Å². The Balaban J connectivity index is 2.12. The maximum atomic E-state index is 13.8. The molecule has 1 N–H and O–H groups in total. The fraction of sp³-hybridized carbons (Fsp3) is 0.167. The summed E-state index contributed by atoms with van der Waals surface area (Å²) in [5.41, 5.74) is 0.555. The lowest BCUT2D eigenvalue weighted by Gasteiger charge is -2.15. The molecular formula is C18H15FO5. The number of phenolic OH excluding ortho intramolecular Hbond substituents is 1. The molecule has 0 fully saturated rings. The molecule has 0 unspecified atom stereocenters. The van der Waals surface area contributed by atoms with E-state index in [4.69, 9.17) is 13.9 Å². The van der Waals surface area contributed by atoms with E-state index in [2.05, 4.69) is 0 Å². The minimum Gasteiger partial charge on any atom is -0.504 e. The zero-order chi connectivity index (χ0) is 17.3. The van der Waals surface area contributed by atoms with Gasteiger partial charge in [-0.05, 0) is 19.1 Å². The van der Waals surface area contributed by atoms with Crippen LogP contribution in [0.3, 0.4) is 0 Å². The van der Waals surface area contributed by atoms with Crippen molar-refractivity contribution < 1.29 is 28.2 Å². The molecule has 2 aromatic carbocycles. The second kappa shape index (κ2) is 6.23. The van der Waals surface area contributed by atoms with Crippen molar-refractivity contribution in [1.82, 2.24) is 0 Å². The summed E-state index contributed by atoms with van der Waals surface area (Å²) in [5.74, 6) is -0.997. The summed E-state index contributed by atoms with van der Waals surface area (Å²) in [7, 11) is 1.36. The summed E-state index contributed by atoms with van der Waals surface area (Å²) < 4.78 is 29.9. The van der Waals surface area contributed by atoms with Crippen molar-refractivity contribution in [3.05, 3.63) is 53.5 Å². The molecule has 0 atom stereocenters. The van der Waals surface area contributed by atoms with Crippen LogP contribution in [-0.4, -0.2) is 18.0 Å². The second-order valence-electron chi connectivity index (χ2n) is 5.19. The Hall–Kier alpha value is -3.02. The summed E-state index contributed by atoms with van der Waals surface area (Å²) in [4.78, 5) is 12.0. The molecule has 1 heterocycles. The zero-order valence-corrected chi connectivity index (χ0v) is 13.1. The van der Waals surface area contributed by atoms with Gasteiger partial charge in [0.2, 0.25) is 5.75 Å². The van der Waals surface area contributed by atoms with Crippen LogP contribution in [0.1, 0.15) is 22.8 Å². The highest BCUT2D eigenvalue weighted by atomic mass is 19.1. The molecule has 0 saturated heterocycles.